The molecule has 0 spiro atoms. The molecule has 0 amide bonds. The third kappa shape index (κ3) is 2.55. The van der Waals surface area contributed by atoms with Crippen molar-refractivity contribution < 1.29 is 23.2 Å². The summed E-state index contributed by atoms with van der Waals surface area (Å²) >= 11 is 0. The van der Waals surface area contributed by atoms with Gasteiger partial charge in [-0.2, -0.15) is 13.2 Å². The number of benzene rings is 1. The minimum Gasteiger partial charge on any atom is -0.507 e. The summed E-state index contributed by atoms with van der Waals surface area (Å²) in [6.07, 6.45) is -4.86. The Kier molecular flexibility index (Phi) is 3.12. The van der Waals surface area contributed by atoms with Gasteiger partial charge in [-0.3, -0.25) is 10.1 Å². The minimum absolute atomic E-state index is 0.164. The topological polar surface area (TPSA) is 63.4 Å². The molecule has 0 saturated heterocycles. The second-order valence-electron chi connectivity index (χ2n) is 3.42. The van der Waals surface area contributed by atoms with E-state index in [0.717, 1.165) is 0 Å². The van der Waals surface area contributed by atoms with E-state index in [4.69, 9.17) is 0 Å². The Hall–Kier alpha value is -2.05. The zero-order chi connectivity index (χ0) is 13.4. The Labute approximate surface area is 94.1 Å². The molecule has 1 aromatic carbocycles. The summed E-state index contributed by atoms with van der Waals surface area (Å²) in [4.78, 5) is 9.28. The Morgan fingerprint density at radius 2 is 2.00 bits per heavy atom. The molecular weight excluding hydrogens is 239 g/mol. The zero-order valence-electron chi connectivity index (χ0n) is 8.71. The number of phenols is 1. The Bertz CT molecular complexity index is 494. The van der Waals surface area contributed by atoms with E-state index in [1.165, 1.54) is 6.92 Å². The van der Waals surface area contributed by atoms with Crippen LogP contribution in [0.1, 0.15) is 18.1 Å². The van der Waals surface area contributed by atoms with Crippen LogP contribution < -0.4 is 0 Å². The molecule has 0 aliphatic rings. The number of phenolic OH excluding ortho intramolecular Hbond substituents is 1. The highest BCUT2D eigenvalue weighted by molar-refractivity contribution is 5.70. The molecule has 1 N–H and O–H groups in total. The molecule has 0 atom stereocenters. The SMILES string of the molecule is C=C(C)c1cc(C(F)(F)F)c([N+](=O)[O-])cc1O. The van der Waals surface area contributed by atoms with Crippen LogP contribution in [0.15, 0.2) is 18.7 Å². The number of aromatic hydroxyl groups is 1. The van der Waals surface area contributed by atoms with Gasteiger partial charge in [0.2, 0.25) is 0 Å². The maximum absolute atomic E-state index is 12.6. The lowest BCUT2D eigenvalue weighted by molar-refractivity contribution is -0.388. The van der Waals surface area contributed by atoms with Gasteiger partial charge in [0.05, 0.1) is 11.0 Å². The summed E-state index contributed by atoms with van der Waals surface area (Å²) in [6.45, 7) is 4.78. The van der Waals surface area contributed by atoms with Crippen molar-refractivity contribution in [2.24, 2.45) is 0 Å². The van der Waals surface area contributed by atoms with Crippen molar-refractivity contribution in [1.29, 1.82) is 0 Å². The highest BCUT2D eigenvalue weighted by atomic mass is 19.4. The molecule has 0 bridgehead atoms. The van der Waals surface area contributed by atoms with Crippen LogP contribution in [-0.2, 0) is 6.18 Å². The summed E-state index contributed by atoms with van der Waals surface area (Å²) < 4.78 is 37.7. The Morgan fingerprint density at radius 1 is 1.47 bits per heavy atom. The third-order valence-corrected chi connectivity index (χ3v) is 2.08. The molecule has 0 aliphatic heterocycles. The van der Waals surface area contributed by atoms with E-state index in [1.807, 2.05) is 0 Å². The largest absolute Gasteiger partial charge is 0.507 e. The maximum Gasteiger partial charge on any atom is 0.423 e. The standard InChI is InChI=1S/C10H8F3NO3/c1-5(2)6-3-7(10(11,12)13)8(14(16)17)4-9(6)15/h3-4,15H,1H2,2H3. The average Bonchev–Trinajstić information content (AvgIpc) is 2.14. The van der Waals surface area contributed by atoms with E-state index >= 15 is 0 Å². The van der Waals surface area contributed by atoms with Gasteiger partial charge in [-0.1, -0.05) is 6.58 Å². The van der Waals surface area contributed by atoms with Crippen LogP contribution in [0.5, 0.6) is 5.75 Å². The molecule has 0 fully saturated rings. The Balaban J connectivity index is 3.60. The van der Waals surface area contributed by atoms with Crippen LogP contribution in [0.2, 0.25) is 0 Å². The molecule has 92 valence electrons. The van der Waals surface area contributed by atoms with Gasteiger partial charge < -0.3 is 5.11 Å². The molecule has 0 unspecified atom stereocenters. The van der Waals surface area contributed by atoms with Gasteiger partial charge in [-0.25, -0.2) is 0 Å². The van der Waals surface area contributed by atoms with E-state index < -0.39 is 28.1 Å². The first-order valence-corrected chi connectivity index (χ1v) is 4.39. The van der Waals surface area contributed by atoms with Crippen molar-refractivity contribution >= 4 is 11.3 Å². The van der Waals surface area contributed by atoms with Gasteiger partial charge in [0.15, 0.2) is 0 Å². The fourth-order valence-electron chi connectivity index (χ4n) is 1.30. The maximum atomic E-state index is 12.6. The van der Waals surface area contributed by atoms with Crippen molar-refractivity contribution in [2.75, 3.05) is 0 Å². The summed E-state index contributed by atoms with van der Waals surface area (Å²) in [6, 6.07) is 1.00. The van der Waals surface area contributed by atoms with Crippen LogP contribution in [0.3, 0.4) is 0 Å². The summed E-state index contributed by atoms with van der Waals surface area (Å²) in [5.41, 5.74) is -2.57. The number of alkyl halides is 3. The van der Waals surface area contributed by atoms with Gasteiger partial charge in [0.1, 0.15) is 11.3 Å². The van der Waals surface area contributed by atoms with Gasteiger partial charge in [-0.15, -0.1) is 0 Å². The lowest BCUT2D eigenvalue weighted by Gasteiger charge is -2.11. The molecule has 4 nitrogen and oxygen atoms in total. The van der Waals surface area contributed by atoms with E-state index in [2.05, 4.69) is 6.58 Å². The number of allylic oxidation sites excluding steroid dienone is 1. The van der Waals surface area contributed by atoms with E-state index in [0.29, 0.717) is 12.1 Å². The fraction of sp³-hybridized carbons (Fsp3) is 0.200. The highest BCUT2D eigenvalue weighted by Crippen LogP contribution is 2.40. The van der Waals surface area contributed by atoms with Gasteiger partial charge in [0.25, 0.3) is 5.69 Å². The van der Waals surface area contributed by atoms with Crippen molar-refractivity contribution in [2.45, 2.75) is 13.1 Å². The third-order valence-electron chi connectivity index (χ3n) is 2.08. The van der Waals surface area contributed by atoms with Crippen molar-refractivity contribution in [1.82, 2.24) is 0 Å². The first-order valence-electron chi connectivity index (χ1n) is 4.39. The molecule has 1 rings (SSSR count). The summed E-state index contributed by atoms with van der Waals surface area (Å²) in [5, 5.41) is 19.8. The summed E-state index contributed by atoms with van der Waals surface area (Å²) in [5.74, 6) is -0.600. The second kappa shape index (κ2) is 4.08. The molecule has 0 aliphatic carbocycles. The number of nitro groups is 1. The molecular formula is C10H8F3NO3. The molecule has 1 aromatic rings. The lowest BCUT2D eigenvalue weighted by atomic mass is 10.0. The zero-order valence-corrected chi connectivity index (χ0v) is 8.71. The molecule has 0 radical (unpaired) electrons. The predicted octanol–water partition coefficient (Wildman–Crippen LogP) is 3.35. The molecule has 0 saturated carbocycles. The quantitative estimate of drug-likeness (QED) is 0.643. The number of halogens is 3. The van der Waals surface area contributed by atoms with Gasteiger partial charge in [0, 0.05) is 5.56 Å². The van der Waals surface area contributed by atoms with E-state index in [9.17, 15) is 28.4 Å². The van der Waals surface area contributed by atoms with Crippen LogP contribution >= 0.6 is 0 Å². The monoisotopic (exact) mass is 247 g/mol. The minimum atomic E-state index is -4.86. The Morgan fingerprint density at radius 3 is 2.35 bits per heavy atom. The van der Waals surface area contributed by atoms with Crippen molar-refractivity contribution in [3.63, 3.8) is 0 Å². The predicted molar refractivity (Wildman–Crippen MR) is 54.5 cm³/mol. The molecule has 17 heavy (non-hydrogen) atoms. The van der Waals surface area contributed by atoms with Crippen molar-refractivity contribution in [3.8, 4) is 5.75 Å². The fourth-order valence-corrected chi connectivity index (χ4v) is 1.30. The smallest absolute Gasteiger partial charge is 0.423 e. The number of hydrogen-bond donors (Lipinski definition) is 1. The number of nitro benzene ring substituents is 1. The molecule has 0 heterocycles. The van der Waals surface area contributed by atoms with Crippen LogP contribution in [0, 0.1) is 10.1 Å². The van der Waals surface area contributed by atoms with Gasteiger partial charge >= 0.3 is 6.18 Å². The van der Waals surface area contributed by atoms with Crippen LogP contribution in [-0.4, -0.2) is 10.0 Å². The first-order chi connectivity index (χ1) is 7.64. The lowest BCUT2D eigenvalue weighted by Crippen LogP contribution is -2.09. The van der Waals surface area contributed by atoms with Crippen LogP contribution in [0.4, 0.5) is 18.9 Å². The average molecular weight is 247 g/mol. The van der Waals surface area contributed by atoms with Crippen molar-refractivity contribution in [3.05, 3.63) is 40.0 Å². The van der Waals surface area contributed by atoms with E-state index in [1.54, 1.807) is 0 Å². The molecule has 0 aromatic heterocycles. The first kappa shape index (κ1) is 13.0. The van der Waals surface area contributed by atoms with Crippen LogP contribution in [0.25, 0.3) is 5.57 Å². The van der Waals surface area contributed by atoms with Gasteiger partial charge in [-0.05, 0) is 18.6 Å². The molecule has 7 heteroatoms. The number of hydrogen-bond acceptors (Lipinski definition) is 3. The number of rotatable bonds is 2. The highest BCUT2D eigenvalue weighted by Gasteiger charge is 2.39. The normalized spacial score (nSPS) is 11.3. The summed E-state index contributed by atoms with van der Waals surface area (Å²) in [7, 11) is 0. The number of nitrogens with zero attached hydrogens (tertiary/aromatic N) is 1. The second-order valence-corrected chi connectivity index (χ2v) is 3.42. The van der Waals surface area contributed by atoms with E-state index in [-0.39, 0.29) is 11.1 Å².